The molecule has 0 saturated carbocycles. The highest BCUT2D eigenvalue weighted by Crippen LogP contribution is 2.31. The van der Waals surface area contributed by atoms with E-state index in [-0.39, 0.29) is 11.8 Å². The summed E-state index contributed by atoms with van der Waals surface area (Å²) in [4.78, 5) is 24.1. The predicted molar refractivity (Wildman–Crippen MR) is 143 cm³/mol. The number of nitrogens with zero attached hydrogens (tertiary/aromatic N) is 4. The molecule has 1 N–H and O–H groups in total. The Morgan fingerprint density at radius 1 is 1.25 bits per heavy atom. The van der Waals surface area contributed by atoms with Gasteiger partial charge in [0.1, 0.15) is 11.3 Å². The first-order valence-electron chi connectivity index (χ1n) is 12.0. The molecule has 7 nitrogen and oxygen atoms in total. The number of rotatable bonds is 6. The lowest BCUT2D eigenvalue weighted by molar-refractivity contribution is 0.0948. The minimum absolute atomic E-state index is 0.0971. The number of oxazole rings is 1. The first-order chi connectivity index (χ1) is 17.4. The molecule has 2 aromatic heterocycles. The summed E-state index contributed by atoms with van der Waals surface area (Å²) in [5, 5.41) is 12.4. The van der Waals surface area contributed by atoms with Gasteiger partial charge in [0.15, 0.2) is 5.58 Å². The van der Waals surface area contributed by atoms with Crippen LogP contribution >= 0.6 is 15.9 Å². The molecule has 1 aliphatic rings. The van der Waals surface area contributed by atoms with Crippen molar-refractivity contribution >= 4 is 38.8 Å². The van der Waals surface area contributed by atoms with Crippen LogP contribution in [0.15, 0.2) is 63.6 Å². The molecule has 1 aliphatic heterocycles. The van der Waals surface area contributed by atoms with Gasteiger partial charge in [-0.15, -0.1) is 0 Å². The molecule has 0 bridgehead atoms. The average Bonchev–Trinajstić information content (AvgIpc) is 3.54. The van der Waals surface area contributed by atoms with Crippen molar-refractivity contribution in [1.29, 1.82) is 5.26 Å². The number of benzene rings is 2. The van der Waals surface area contributed by atoms with Crippen molar-refractivity contribution in [2.75, 3.05) is 24.5 Å². The number of halogens is 1. The maximum atomic E-state index is 12.8. The Kier molecular flexibility index (Phi) is 6.75. The van der Waals surface area contributed by atoms with Crippen LogP contribution in [0.1, 0.15) is 47.7 Å². The van der Waals surface area contributed by atoms with Crippen LogP contribution in [0, 0.1) is 17.2 Å². The highest BCUT2D eigenvalue weighted by Gasteiger charge is 2.24. The largest absolute Gasteiger partial charge is 0.436 e. The lowest BCUT2D eigenvalue weighted by Gasteiger charge is -2.17. The molecule has 8 heteroatoms. The molecule has 0 spiro atoms. The van der Waals surface area contributed by atoms with Crippen LogP contribution in [0.4, 0.5) is 5.82 Å². The van der Waals surface area contributed by atoms with Crippen molar-refractivity contribution in [3.63, 3.8) is 0 Å². The molecule has 1 fully saturated rings. The number of fused-ring (bicyclic) bond motifs is 1. The summed E-state index contributed by atoms with van der Waals surface area (Å²) in [5.41, 5.74) is 4.26. The van der Waals surface area contributed by atoms with E-state index in [0.717, 1.165) is 40.9 Å². The van der Waals surface area contributed by atoms with Gasteiger partial charge in [-0.25, -0.2) is 9.97 Å². The number of hydrogen-bond donors (Lipinski definition) is 1. The van der Waals surface area contributed by atoms with E-state index < -0.39 is 0 Å². The standard InChI is InChI=1S/C28H26BrN5O2/c1-17(2)23-11-19(13-30)12-24-26(23)36-28(33-24)21-5-3-20(4-6-21)27(35)32-14-18-9-10-34(16-18)25-8-7-22(29)15-31-25/h3-8,11-12,15,17-18H,9-10,14,16H2,1-2H3,(H,32,35)/t18-/m1/s1. The number of carbonyl (C=O) groups is 1. The number of nitrogens with one attached hydrogen (secondary N) is 1. The van der Waals surface area contributed by atoms with Crippen molar-refractivity contribution in [3.8, 4) is 17.5 Å². The lowest BCUT2D eigenvalue weighted by atomic mass is 10.00. The monoisotopic (exact) mass is 543 g/mol. The van der Waals surface area contributed by atoms with Crippen molar-refractivity contribution in [2.24, 2.45) is 5.92 Å². The summed E-state index contributed by atoms with van der Waals surface area (Å²) in [7, 11) is 0. The van der Waals surface area contributed by atoms with Gasteiger partial charge >= 0.3 is 0 Å². The fourth-order valence-corrected chi connectivity index (χ4v) is 4.78. The molecule has 1 saturated heterocycles. The highest BCUT2D eigenvalue weighted by atomic mass is 79.9. The van der Waals surface area contributed by atoms with Crippen molar-refractivity contribution in [2.45, 2.75) is 26.2 Å². The van der Waals surface area contributed by atoms with Crippen molar-refractivity contribution < 1.29 is 9.21 Å². The van der Waals surface area contributed by atoms with E-state index in [2.05, 4.69) is 56.0 Å². The van der Waals surface area contributed by atoms with Crippen LogP contribution in [0.2, 0.25) is 0 Å². The molecule has 2 aromatic carbocycles. The predicted octanol–water partition coefficient (Wildman–Crippen LogP) is 5.90. The Morgan fingerprint density at radius 2 is 2.06 bits per heavy atom. The summed E-state index contributed by atoms with van der Waals surface area (Å²) in [6, 6.07) is 17.1. The summed E-state index contributed by atoms with van der Waals surface area (Å²) < 4.78 is 7.04. The van der Waals surface area contributed by atoms with Gasteiger partial charge in [0.2, 0.25) is 5.89 Å². The molecule has 0 aliphatic carbocycles. The second-order valence-electron chi connectivity index (χ2n) is 9.42. The number of nitriles is 1. The van der Waals surface area contributed by atoms with E-state index in [9.17, 15) is 10.1 Å². The molecule has 3 heterocycles. The number of carbonyl (C=O) groups excluding carboxylic acids is 1. The van der Waals surface area contributed by atoms with Crippen LogP contribution in [-0.4, -0.2) is 35.5 Å². The highest BCUT2D eigenvalue weighted by molar-refractivity contribution is 9.10. The second kappa shape index (κ2) is 10.1. The summed E-state index contributed by atoms with van der Waals surface area (Å²) in [6.07, 6.45) is 2.82. The molecular formula is C28H26BrN5O2. The minimum Gasteiger partial charge on any atom is -0.436 e. The van der Waals surface area contributed by atoms with E-state index in [1.54, 1.807) is 18.2 Å². The minimum atomic E-state index is -0.0971. The summed E-state index contributed by atoms with van der Waals surface area (Å²) in [5.74, 6) is 1.92. The molecule has 36 heavy (non-hydrogen) atoms. The maximum Gasteiger partial charge on any atom is 0.251 e. The van der Waals surface area contributed by atoms with Gasteiger partial charge in [0.05, 0.1) is 11.6 Å². The number of aromatic nitrogens is 2. The van der Waals surface area contributed by atoms with E-state index in [1.165, 1.54) is 0 Å². The van der Waals surface area contributed by atoms with Gasteiger partial charge in [-0.3, -0.25) is 4.79 Å². The average molecular weight is 544 g/mol. The van der Waals surface area contributed by atoms with Crippen LogP contribution in [-0.2, 0) is 0 Å². The Hall–Kier alpha value is -3.70. The van der Waals surface area contributed by atoms with Gasteiger partial charge in [-0.1, -0.05) is 13.8 Å². The fraction of sp³-hybridized carbons (Fsp3) is 0.286. The molecule has 4 aromatic rings. The second-order valence-corrected chi connectivity index (χ2v) is 10.3. The van der Waals surface area contributed by atoms with Gasteiger partial charge in [-0.05, 0) is 82.7 Å². The summed E-state index contributed by atoms with van der Waals surface area (Å²) >= 11 is 3.42. The van der Waals surface area contributed by atoms with Gasteiger partial charge in [0.25, 0.3) is 5.91 Å². The van der Waals surface area contributed by atoms with Crippen molar-refractivity contribution in [3.05, 3.63) is 75.9 Å². The maximum absolute atomic E-state index is 12.8. The molecule has 5 rings (SSSR count). The molecule has 0 unspecified atom stereocenters. The van der Waals surface area contributed by atoms with Crippen LogP contribution in [0.3, 0.4) is 0 Å². The first kappa shape index (κ1) is 24.0. The molecule has 0 radical (unpaired) electrons. The molecule has 182 valence electrons. The van der Waals surface area contributed by atoms with Crippen LogP contribution in [0.5, 0.6) is 0 Å². The Labute approximate surface area is 218 Å². The zero-order valence-corrected chi connectivity index (χ0v) is 21.7. The fourth-order valence-electron chi connectivity index (χ4n) is 4.54. The van der Waals surface area contributed by atoms with Crippen LogP contribution < -0.4 is 10.2 Å². The topological polar surface area (TPSA) is 95.0 Å². The number of amides is 1. The van der Waals surface area contributed by atoms with E-state index in [0.29, 0.717) is 40.6 Å². The van der Waals surface area contributed by atoms with Crippen molar-refractivity contribution in [1.82, 2.24) is 15.3 Å². The third kappa shape index (κ3) is 4.98. The van der Waals surface area contributed by atoms with Gasteiger partial charge in [-0.2, -0.15) is 5.26 Å². The SMILES string of the molecule is CC(C)c1cc(C#N)cc2nc(-c3ccc(C(=O)NC[C@H]4CCN(c5ccc(Br)cn5)C4)cc3)oc12. The Balaban J connectivity index is 1.23. The third-order valence-electron chi connectivity index (χ3n) is 6.54. The van der Waals surface area contributed by atoms with E-state index in [4.69, 9.17) is 4.42 Å². The molecular weight excluding hydrogens is 518 g/mol. The normalized spacial score (nSPS) is 15.4. The Bertz CT molecular complexity index is 1440. The molecule has 1 amide bonds. The zero-order chi connectivity index (χ0) is 25.2. The zero-order valence-electron chi connectivity index (χ0n) is 20.2. The van der Waals surface area contributed by atoms with Crippen LogP contribution in [0.25, 0.3) is 22.6 Å². The third-order valence-corrected chi connectivity index (χ3v) is 7.01. The first-order valence-corrected chi connectivity index (χ1v) is 12.8. The number of anilines is 1. The molecule has 1 atom stereocenters. The number of hydrogen-bond acceptors (Lipinski definition) is 6. The van der Waals surface area contributed by atoms with E-state index in [1.807, 2.05) is 36.5 Å². The quantitative estimate of drug-likeness (QED) is 0.325. The smallest absolute Gasteiger partial charge is 0.251 e. The lowest BCUT2D eigenvalue weighted by Crippen LogP contribution is -2.31. The van der Waals surface area contributed by atoms with Gasteiger partial charge < -0.3 is 14.6 Å². The van der Waals surface area contributed by atoms with E-state index >= 15 is 0 Å². The van der Waals surface area contributed by atoms with Gasteiger partial charge in [0, 0.05) is 47.0 Å². The Morgan fingerprint density at radius 3 is 2.75 bits per heavy atom. The number of pyridine rings is 1. The summed E-state index contributed by atoms with van der Waals surface area (Å²) in [6.45, 7) is 6.55.